The Morgan fingerprint density at radius 1 is 1.62 bits per heavy atom. The molecule has 1 aliphatic heterocycles. The molecule has 0 fully saturated rings. The van der Waals surface area contributed by atoms with E-state index < -0.39 is 0 Å². The van der Waals surface area contributed by atoms with E-state index in [9.17, 15) is 0 Å². The minimum Gasteiger partial charge on any atom is -0.398 e. The highest BCUT2D eigenvalue weighted by Crippen LogP contribution is 2.20. The van der Waals surface area contributed by atoms with Crippen molar-refractivity contribution < 1.29 is 0 Å². The molecule has 1 aliphatic rings. The van der Waals surface area contributed by atoms with E-state index in [-0.39, 0.29) is 0 Å². The number of rotatable bonds is 2. The van der Waals surface area contributed by atoms with Crippen LogP contribution in [0.4, 0.5) is 0 Å². The molecule has 13 heavy (non-hydrogen) atoms. The van der Waals surface area contributed by atoms with E-state index in [1.165, 1.54) is 5.57 Å². The van der Waals surface area contributed by atoms with E-state index in [0.29, 0.717) is 5.92 Å². The number of hydrogen-bond donors (Lipinski definition) is 1. The lowest BCUT2D eigenvalue weighted by molar-refractivity contribution is 0.767. The molecule has 2 heteroatoms. The van der Waals surface area contributed by atoms with E-state index >= 15 is 0 Å². The predicted octanol–water partition coefficient (Wildman–Crippen LogP) is 2.40. The van der Waals surface area contributed by atoms with Crippen molar-refractivity contribution in [2.24, 2.45) is 16.6 Å². The lowest BCUT2D eigenvalue weighted by atomic mass is 9.95. The standard InChI is InChI=1S/C11H16N2/c1-3-4-5-10-6-7-13-8-11(12)9(10)2/h3-4,6-8,10H,5,12H2,1-2H3/b4-3-. The van der Waals surface area contributed by atoms with Crippen molar-refractivity contribution in [1.29, 1.82) is 0 Å². The molecule has 2 N–H and O–H groups in total. The minimum atomic E-state index is 0.402. The lowest BCUT2D eigenvalue weighted by Crippen LogP contribution is -2.07. The first-order valence-corrected chi connectivity index (χ1v) is 4.53. The molecule has 0 aliphatic carbocycles. The molecule has 0 bridgehead atoms. The van der Waals surface area contributed by atoms with Crippen LogP contribution in [0.25, 0.3) is 0 Å². The van der Waals surface area contributed by atoms with Gasteiger partial charge < -0.3 is 5.73 Å². The van der Waals surface area contributed by atoms with Gasteiger partial charge in [0, 0.05) is 24.0 Å². The fraction of sp³-hybridized carbons (Fsp3) is 0.364. The van der Waals surface area contributed by atoms with E-state index in [1.807, 2.05) is 13.1 Å². The molecule has 0 aromatic heterocycles. The molecule has 0 saturated carbocycles. The Labute approximate surface area is 79.5 Å². The van der Waals surface area contributed by atoms with Gasteiger partial charge >= 0.3 is 0 Å². The third-order valence-corrected chi connectivity index (χ3v) is 2.26. The van der Waals surface area contributed by atoms with Crippen LogP contribution in [0.15, 0.2) is 40.7 Å². The molecule has 0 aromatic carbocycles. The molecular weight excluding hydrogens is 160 g/mol. The van der Waals surface area contributed by atoms with E-state index in [4.69, 9.17) is 5.73 Å². The summed E-state index contributed by atoms with van der Waals surface area (Å²) in [5, 5.41) is 0. The van der Waals surface area contributed by atoms with Crippen molar-refractivity contribution in [2.45, 2.75) is 20.3 Å². The number of nitrogens with zero attached hydrogens (tertiary/aromatic N) is 1. The Morgan fingerprint density at radius 3 is 3.08 bits per heavy atom. The van der Waals surface area contributed by atoms with Crippen LogP contribution >= 0.6 is 0 Å². The number of aliphatic imine (C=N–C) groups is 1. The average molecular weight is 176 g/mol. The van der Waals surface area contributed by atoms with Gasteiger partial charge in [0.15, 0.2) is 0 Å². The van der Waals surface area contributed by atoms with E-state index in [1.54, 1.807) is 6.21 Å². The Bertz CT molecular complexity index is 282. The molecule has 1 heterocycles. The third kappa shape index (κ3) is 2.58. The van der Waals surface area contributed by atoms with Gasteiger partial charge in [-0.3, -0.25) is 4.99 Å². The largest absolute Gasteiger partial charge is 0.398 e. The van der Waals surface area contributed by atoms with Crippen LogP contribution in [-0.4, -0.2) is 6.21 Å². The molecule has 0 radical (unpaired) electrons. The maximum atomic E-state index is 5.81. The summed E-state index contributed by atoms with van der Waals surface area (Å²) in [6, 6.07) is 0. The summed E-state index contributed by atoms with van der Waals surface area (Å²) in [5.41, 5.74) is 7.80. The van der Waals surface area contributed by atoms with Crippen LogP contribution in [0.2, 0.25) is 0 Å². The van der Waals surface area contributed by atoms with Crippen molar-refractivity contribution in [1.82, 2.24) is 0 Å². The van der Waals surface area contributed by atoms with Crippen LogP contribution in [0, 0.1) is 5.92 Å². The molecule has 1 rings (SSSR count). The molecule has 70 valence electrons. The number of allylic oxidation sites excluding steroid dienone is 5. The van der Waals surface area contributed by atoms with Gasteiger partial charge in [0.25, 0.3) is 0 Å². The summed E-state index contributed by atoms with van der Waals surface area (Å²) in [7, 11) is 0. The predicted molar refractivity (Wildman–Crippen MR) is 57.4 cm³/mol. The minimum absolute atomic E-state index is 0.402. The number of hydrogen-bond acceptors (Lipinski definition) is 2. The zero-order valence-electron chi connectivity index (χ0n) is 8.20. The summed E-state index contributed by atoms with van der Waals surface area (Å²) in [6.07, 6.45) is 10.8. The second-order valence-electron chi connectivity index (χ2n) is 3.17. The van der Waals surface area contributed by atoms with Crippen LogP contribution in [-0.2, 0) is 0 Å². The first-order chi connectivity index (χ1) is 6.25. The van der Waals surface area contributed by atoms with Crippen LogP contribution < -0.4 is 5.73 Å². The van der Waals surface area contributed by atoms with Gasteiger partial charge in [0.2, 0.25) is 0 Å². The van der Waals surface area contributed by atoms with E-state index in [0.717, 1.165) is 12.1 Å². The fourth-order valence-electron chi connectivity index (χ4n) is 1.28. The maximum absolute atomic E-state index is 5.81. The smallest absolute Gasteiger partial charge is 0.0497 e. The van der Waals surface area contributed by atoms with Gasteiger partial charge in [-0.05, 0) is 25.8 Å². The van der Waals surface area contributed by atoms with Crippen molar-refractivity contribution in [3.05, 3.63) is 35.7 Å². The summed E-state index contributed by atoms with van der Waals surface area (Å²) >= 11 is 0. The maximum Gasteiger partial charge on any atom is 0.0497 e. The lowest BCUT2D eigenvalue weighted by Gasteiger charge is -2.10. The third-order valence-electron chi connectivity index (χ3n) is 2.26. The van der Waals surface area contributed by atoms with Crippen molar-refractivity contribution in [3.8, 4) is 0 Å². The summed E-state index contributed by atoms with van der Waals surface area (Å²) in [5.74, 6) is 0.402. The Balaban J connectivity index is 2.79. The zero-order valence-corrected chi connectivity index (χ0v) is 8.20. The highest BCUT2D eigenvalue weighted by Gasteiger charge is 2.09. The van der Waals surface area contributed by atoms with Crippen molar-refractivity contribution >= 4 is 6.21 Å². The monoisotopic (exact) mass is 176 g/mol. The van der Waals surface area contributed by atoms with Gasteiger partial charge in [0.05, 0.1) is 0 Å². The molecular formula is C11H16N2. The molecule has 1 atom stereocenters. The van der Waals surface area contributed by atoms with Crippen molar-refractivity contribution in [3.63, 3.8) is 0 Å². The Kier molecular flexibility index (Phi) is 3.50. The average Bonchev–Trinajstić information content (AvgIpc) is 2.28. The Morgan fingerprint density at radius 2 is 2.38 bits per heavy atom. The normalized spacial score (nSPS) is 22.8. The Hall–Kier alpha value is -1.31. The first-order valence-electron chi connectivity index (χ1n) is 4.53. The molecule has 0 spiro atoms. The summed E-state index contributed by atoms with van der Waals surface area (Å²) < 4.78 is 0. The van der Waals surface area contributed by atoms with E-state index in [2.05, 4.69) is 30.1 Å². The molecule has 0 aromatic rings. The second-order valence-corrected chi connectivity index (χ2v) is 3.17. The SMILES string of the molecule is C/C=C\CC1C=CN=CC(N)=C1C. The first kappa shape index (κ1) is 9.78. The van der Waals surface area contributed by atoms with Crippen LogP contribution in [0.3, 0.4) is 0 Å². The molecule has 2 nitrogen and oxygen atoms in total. The fourth-order valence-corrected chi connectivity index (χ4v) is 1.28. The topological polar surface area (TPSA) is 38.4 Å². The summed E-state index contributed by atoms with van der Waals surface area (Å²) in [6.45, 7) is 4.09. The van der Waals surface area contributed by atoms with Crippen LogP contribution in [0.1, 0.15) is 20.3 Å². The molecule has 0 amide bonds. The highest BCUT2D eigenvalue weighted by molar-refractivity contribution is 5.79. The van der Waals surface area contributed by atoms with Gasteiger partial charge in [0.1, 0.15) is 0 Å². The van der Waals surface area contributed by atoms with Gasteiger partial charge in [-0.15, -0.1) is 0 Å². The second kappa shape index (κ2) is 4.65. The van der Waals surface area contributed by atoms with Gasteiger partial charge in [-0.25, -0.2) is 0 Å². The zero-order chi connectivity index (χ0) is 9.68. The van der Waals surface area contributed by atoms with Gasteiger partial charge in [-0.1, -0.05) is 18.2 Å². The van der Waals surface area contributed by atoms with Crippen molar-refractivity contribution in [2.75, 3.05) is 0 Å². The molecule has 1 unspecified atom stereocenters. The highest BCUT2D eigenvalue weighted by atomic mass is 14.7. The quantitative estimate of drug-likeness (QED) is 0.645. The van der Waals surface area contributed by atoms with Crippen LogP contribution in [0.5, 0.6) is 0 Å². The van der Waals surface area contributed by atoms with Gasteiger partial charge in [-0.2, -0.15) is 0 Å². The number of nitrogens with two attached hydrogens (primary N) is 1. The summed E-state index contributed by atoms with van der Waals surface area (Å²) in [4.78, 5) is 4.05. The molecule has 0 saturated heterocycles.